The summed E-state index contributed by atoms with van der Waals surface area (Å²) in [4.78, 5) is 12.5. The van der Waals surface area contributed by atoms with Gasteiger partial charge in [-0.3, -0.25) is 4.79 Å². The molecule has 172 valence electrons. The van der Waals surface area contributed by atoms with Crippen molar-refractivity contribution in [3.63, 3.8) is 0 Å². The Hall–Kier alpha value is -3.33. The number of benzene rings is 2. The van der Waals surface area contributed by atoms with Crippen molar-refractivity contribution < 1.29 is 23.8 Å². The average molecular weight is 470 g/mol. The molecule has 2 aromatic heterocycles. The van der Waals surface area contributed by atoms with E-state index in [1.165, 1.54) is 6.21 Å². The maximum absolute atomic E-state index is 12.5. The number of carbonyl (C=O) groups is 1. The number of carbonyl (C=O) groups excluding carboxylic acids is 1. The van der Waals surface area contributed by atoms with Crippen LogP contribution in [0.25, 0.3) is 21.9 Å². The van der Waals surface area contributed by atoms with Crippen LogP contribution in [-0.2, 0) is 17.9 Å². The lowest BCUT2D eigenvalue weighted by Crippen LogP contribution is -2.16. The minimum absolute atomic E-state index is 0.0866. The molecule has 4 rings (SSSR count). The van der Waals surface area contributed by atoms with Gasteiger partial charge in [-0.2, -0.15) is 5.10 Å². The molecule has 1 amide bonds. The van der Waals surface area contributed by atoms with Gasteiger partial charge in [0.2, 0.25) is 0 Å². The largest absolute Gasteiger partial charge is 0.497 e. The Kier molecular flexibility index (Phi) is 6.98. The zero-order valence-corrected chi connectivity index (χ0v) is 19.1. The number of amides is 1. The minimum atomic E-state index is -0.498. The van der Waals surface area contributed by atoms with E-state index in [2.05, 4.69) is 10.5 Å². The molecule has 0 unspecified atom stereocenters. The number of aliphatic hydroxyl groups excluding tert-OH is 1. The van der Waals surface area contributed by atoms with Gasteiger partial charge < -0.3 is 23.6 Å². The second-order valence-corrected chi connectivity index (χ2v) is 7.63. The minimum Gasteiger partial charge on any atom is -0.497 e. The molecule has 8 nitrogen and oxygen atoms in total. The second kappa shape index (κ2) is 10.1. The molecule has 9 heteroatoms. The zero-order valence-electron chi connectivity index (χ0n) is 18.3. The van der Waals surface area contributed by atoms with Gasteiger partial charge in [-0.15, -0.1) is 0 Å². The Bertz CT molecular complexity index is 1320. The maximum Gasteiger partial charge on any atom is 0.307 e. The topological polar surface area (TPSA) is 98.2 Å². The highest BCUT2D eigenvalue weighted by atomic mass is 35.5. The molecule has 0 radical (unpaired) electrons. The first kappa shape index (κ1) is 22.8. The van der Waals surface area contributed by atoms with Crippen molar-refractivity contribution in [2.24, 2.45) is 5.10 Å². The number of methoxy groups -OCH3 is 1. The number of nitrogens with zero attached hydrogens (tertiary/aromatic N) is 2. The summed E-state index contributed by atoms with van der Waals surface area (Å²) in [6, 6.07) is 12.5. The predicted molar refractivity (Wildman–Crippen MR) is 127 cm³/mol. The van der Waals surface area contributed by atoms with E-state index < -0.39 is 5.91 Å². The van der Waals surface area contributed by atoms with Crippen LogP contribution in [0.4, 0.5) is 0 Å². The van der Waals surface area contributed by atoms with Gasteiger partial charge in [0.1, 0.15) is 16.5 Å². The molecule has 33 heavy (non-hydrogen) atoms. The van der Waals surface area contributed by atoms with Crippen LogP contribution in [0, 0.1) is 0 Å². The van der Waals surface area contributed by atoms with Crippen molar-refractivity contribution >= 4 is 45.6 Å². The van der Waals surface area contributed by atoms with Crippen LogP contribution in [0.5, 0.6) is 5.75 Å². The molecule has 0 bridgehead atoms. The van der Waals surface area contributed by atoms with Crippen molar-refractivity contribution in [3.8, 4) is 5.75 Å². The SMILES string of the molecule is CCOCCn1c(Cl)c(/C=N/NC(=O)c2cc3cc(CO)ccc3o2)c2cc(OC)ccc21. The van der Waals surface area contributed by atoms with Crippen molar-refractivity contribution in [1.29, 1.82) is 0 Å². The lowest BCUT2D eigenvalue weighted by molar-refractivity contribution is 0.0929. The Morgan fingerprint density at radius 2 is 2.12 bits per heavy atom. The van der Waals surface area contributed by atoms with Crippen molar-refractivity contribution in [2.75, 3.05) is 20.3 Å². The van der Waals surface area contributed by atoms with Crippen molar-refractivity contribution in [1.82, 2.24) is 9.99 Å². The smallest absolute Gasteiger partial charge is 0.307 e. The number of ether oxygens (including phenoxy) is 2. The van der Waals surface area contributed by atoms with Gasteiger partial charge >= 0.3 is 5.91 Å². The summed E-state index contributed by atoms with van der Waals surface area (Å²) < 4.78 is 18.4. The summed E-state index contributed by atoms with van der Waals surface area (Å²) in [6.45, 7) is 3.56. The van der Waals surface area contributed by atoms with E-state index in [-0.39, 0.29) is 12.4 Å². The van der Waals surface area contributed by atoms with Crippen LogP contribution in [-0.4, -0.2) is 42.1 Å². The first-order valence-corrected chi connectivity index (χ1v) is 10.8. The molecule has 0 saturated heterocycles. The summed E-state index contributed by atoms with van der Waals surface area (Å²) in [5.74, 6) is 0.301. The van der Waals surface area contributed by atoms with Gasteiger partial charge in [-0.05, 0) is 48.9 Å². The molecule has 2 heterocycles. The molecule has 2 aromatic carbocycles. The number of rotatable bonds is 9. The second-order valence-electron chi connectivity index (χ2n) is 7.28. The third-order valence-electron chi connectivity index (χ3n) is 5.25. The number of hydrogen-bond acceptors (Lipinski definition) is 6. The third-order valence-corrected chi connectivity index (χ3v) is 5.66. The zero-order chi connectivity index (χ0) is 23.4. The molecule has 0 aliphatic heterocycles. The number of aromatic nitrogens is 1. The molecule has 0 atom stereocenters. The number of furan rings is 1. The van der Waals surface area contributed by atoms with E-state index in [9.17, 15) is 9.90 Å². The van der Waals surface area contributed by atoms with Gasteiger partial charge in [0.05, 0.1) is 32.1 Å². The van der Waals surface area contributed by atoms with E-state index in [0.29, 0.717) is 41.8 Å². The Morgan fingerprint density at radius 3 is 2.88 bits per heavy atom. The van der Waals surface area contributed by atoms with Crippen molar-refractivity contribution in [3.05, 3.63) is 64.5 Å². The van der Waals surface area contributed by atoms with Crippen LogP contribution in [0.15, 0.2) is 52.0 Å². The highest BCUT2D eigenvalue weighted by molar-refractivity contribution is 6.34. The Morgan fingerprint density at radius 1 is 1.27 bits per heavy atom. The Balaban J connectivity index is 1.59. The van der Waals surface area contributed by atoms with Crippen LogP contribution >= 0.6 is 11.6 Å². The van der Waals surface area contributed by atoms with Crippen LogP contribution < -0.4 is 10.2 Å². The Labute approximate surface area is 195 Å². The number of halogens is 1. The van der Waals surface area contributed by atoms with Crippen LogP contribution in [0.1, 0.15) is 28.6 Å². The van der Waals surface area contributed by atoms with Gasteiger partial charge in [0.15, 0.2) is 5.76 Å². The van der Waals surface area contributed by atoms with E-state index in [0.717, 1.165) is 21.9 Å². The molecule has 0 spiro atoms. The highest BCUT2D eigenvalue weighted by Gasteiger charge is 2.16. The highest BCUT2D eigenvalue weighted by Crippen LogP contribution is 2.31. The summed E-state index contributed by atoms with van der Waals surface area (Å²) >= 11 is 6.66. The van der Waals surface area contributed by atoms with E-state index in [4.69, 9.17) is 25.5 Å². The number of fused-ring (bicyclic) bond motifs is 2. The average Bonchev–Trinajstić information content (AvgIpc) is 3.37. The normalized spacial score (nSPS) is 11.6. The molecular formula is C24H24ClN3O5. The molecule has 0 aliphatic carbocycles. The van der Waals surface area contributed by atoms with Gasteiger partial charge in [0.25, 0.3) is 0 Å². The molecule has 0 saturated carbocycles. The molecule has 2 N–H and O–H groups in total. The fourth-order valence-electron chi connectivity index (χ4n) is 3.61. The summed E-state index contributed by atoms with van der Waals surface area (Å²) in [6.07, 6.45) is 1.51. The molecule has 4 aromatic rings. The first-order valence-electron chi connectivity index (χ1n) is 10.5. The lowest BCUT2D eigenvalue weighted by atomic mass is 10.2. The summed E-state index contributed by atoms with van der Waals surface area (Å²) in [7, 11) is 1.60. The fraction of sp³-hybridized carbons (Fsp3) is 0.250. The summed E-state index contributed by atoms with van der Waals surface area (Å²) in [5.41, 5.74) is 5.33. The first-order chi connectivity index (χ1) is 16.0. The number of hydrazone groups is 1. The summed E-state index contributed by atoms with van der Waals surface area (Å²) in [5, 5.41) is 15.4. The number of hydrogen-bond donors (Lipinski definition) is 2. The van der Waals surface area contributed by atoms with Gasteiger partial charge in [0, 0.05) is 29.5 Å². The third kappa shape index (κ3) is 4.73. The molecule has 0 aliphatic rings. The number of aliphatic hydroxyl groups is 1. The van der Waals surface area contributed by atoms with E-state index >= 15 is 0 Å². The molecule has 0 fully saturated rings. The lowest BCUT2D eigenvalue weighted by Gasteiger charge is -2.07. The van der Waals surface area contributed by atoms with Gasteiger partial charge in [-0.1, -0.05) is 17.7 Å². The predicted octanol–water partition coefficient (Wildman–Crippen LogP) is 4.34. The van der Waals surface area contributed by atoms with Crippen LogP contribution in [0.2, 0.25) is 5.15 Å². The standard InChI is InChI=1S/C24H24ClN3O5/c1-3-32-9-8-28-20-6-5-17(31-2)12-18(20)19(23(28)25)13-26-27-24(30)22-11-16-10-15(14-29)4-7-21(16)33-22/h4-7,10-13,29H,3,8-9,14H2,1-2H3,(H,27,30)/b26-13+. The fourth-order valence-corrected chi connectivity index (χ4v) is 3.94. The molecular weight excluding hydrogens is 446 g/mol. The quantitative estimate of drug-likeness (QED) is 0.216. The van der Waals surface area contributed by atoms with E-state index in [1.54, 1.807) is 31.4 Å². The van der Waals surface area contributed by atoms with Crippen molar-refractivity contribution in [2.45, 2.75) is 20.1 Å². The van der Waals surface area contributed by atoms with E-state index in [1.807, 2.05) is 29.7 Å². The van der Waals surface area contributed by atoms with Crippen LogP contribution in [0.3, 0.4) is 0 Å². The monoisotopic (exact) mass is 469 g/mol. The van der Waals surface area contributed by atoms with Gasteiger partial charge in [-0.25, -0.2) is 5.43 Å². The maximum atomic E-state index is 12.5. The number of nitrogens with one attached hydrogen (secondary N) is 1.